The SMILES string of the molecule is CCNC(=S)N/N=C/c1ccc(OCC)c([N+](=O)[O-])c1. The standard InChI is InChI=1S/C12H16N4O3S/c1-3-13-12(20)15-14-8-9-5-6-11(19-4-2)10(7-9)16(17)18/h5-8H,3-4H2,1-2H3,(H2,13,15,20)/b14-8+. The van der Waals surface area contributed by atoms with Crippen LogP contribution in [0.4, 0.5) is 5.69 Å². The summed E-state index contributed by atoms with van der Waals surface area (Å²) in [5.74, 6) is 0.241. The molecular formula is C12H16N4O3S. The fourth-order valence-corrected chi connectivity index (χ4v) is 1.60. The number of nitro groups is 1. The van der Waals surface area contributed by atoms with Crippen LogP contribution < -0.4 is 15.5 Å². The average Bonchev–Trinajstić information content (AvgIpc) is 2.40. The van der Waals surface area contributed by atoms with Gasteiger partial charge in [0.1, 0.15) is 0 Å². The van der Waals surface area contributed by atoms with Crippen molar-refractivity contribution in [1.29, 1.82) is 0 Å². The lowest BCUT2D eigenvalue weighted by Gasteiger charge is -2.05. The van der Waals surface area contributed by atoms with Crippen LogP contribution in [-0.4, -0.2) is 29.4 Å². The van der Waals surface area contributed by atoms with Gasteiger partial charge in [-0.05, 0) is 38.2 Å². The maximum atomic E-state index is 11.0. The van der Waals surface area contributed by atoms with E-state index in [1.54, 1.807) is 19.1 Å². The second-order valence-electron chi connectivity index (χ2n) is 3.65. The highest BCUT2D eigenvalue weighted by Crippen LogP contribution is 2.27. The van der Waals surface area contributed by atoms with Crippen molar-refractivity contribution in [3.05, 3.63) is 33.9 Å². The molecular weight excluding hydrogens is 280 g/mol. The van der Waals surface area contributed by atoms with E-state index >= 15 is 0 Å². The highest BCUT2D eigenvalue weighted by Gasteiger charge is 2.14. The molecule has 0 atom stereocenters. The number of rotatable bonds is 6. The van der Waals surface area contributed by atoms with Gasteiger partial charge in [-0.15, -0.1) is 0 Å². The summed E-state index contributed by atoms with van der Waals surface area (Å²) in [7, 11) is 0. The molecule has 0 radical (unpaired) electrons. The Morgan fingerprint density at radius 2 is 2.30 bits per heavy atom. The number of hydrazone groups is 1. The molecule has 20 heavy (non-hydrogen) atoms. The van der Waals surface area contributed by atoms with Crippen LogP contribution in [0, 0.1) is 10.1 Å². The number of hydrogen-bond donors (Lipinski definition) is 2. The van der Waals surface area contributed by atoms with Crippen LogP contribution in [-0.2, 0) is 0 Å². The molecule has 0 saturated carbocycles. The largest absolute Gasteiger partial charge is 0.487 e. The van der Waals surface area contributed by atoms with E-state index < -0.39 is 4.92 Å². The Morgan fingerprint density at radius 3 is 2.90 bits per heavy atom. The molecule has 0 bridgehead atoms. The normalized spacial score (nSPS) is 10.3. The first-order valence-corrected chi connectivity index (χ1v) is 6.47. The molecule has 108 valence electrons. The predicted molar refractivity (Wildman–Crippen MR) is 81.3 cm³/mol. The number of nitro benzene ring substituents is 1. The lowest BCUT2D eigenvalue weighted by molar-refractivity contribution is -0.385. The molecule has 0 aliphatic rings. The quantitative estimate of drug-likeness (QED) is 0.360. The summed E-state index contributed by atoms with van der Waals surface area (Å²) >= 11 is 4.93. The van der Waals surface area contributed by atoms with E-state index in [-0.39, 0.29) is 11.4 Å². The van der Waals surface area contributed by atoms with Crippen LogP contribution in [0.15, 0.2) is 23.3 Å². The Bertz CT molecular complexity index is 519. The first kappa shape index (κ1) is 15.8. The van der Waals surface area contributed by atoms with Crippen molar-refractivity contribution in [3.8, 4) is 5.75 Å². The molecule has 0 heterocycles. The number of nitrogens with one attached hydrogen (secondary N) is 2. The van der Waals surface area contributed by atoms with Crippen LogP contribution in [0.3, 0.4) is 0 Å². The van der Waals surface area contributed by atoms with Gasteiger partial charge in [-0.1, -0.05) is 0 Å². The van der Waals surface area contributed by atoms with Gasteiger partial charge in [0.15, 0.2) is 10.9 Å². The van der Waals surface area contributed by atoms with E-state index in [1.165, 1.54) is 12.3 Å². The zero-order chi connectivity index (χ0) is 15.0. The van der Waals surface area contributed by atoms with Crippen LogP contribution >= 0.6 is 12.2 Å². The van der Waals surface area contributed by atoms with Gasteiger partial charge in [-0.3, -0.25) is 15.5 Å². The maximum Gasteiger partial charge on any atom is 0.311 e. The molecule has 0 aromatic heterocycles. The molecule has 2 N–H and O–H groups in total. The van der Waals surface area contributed by atoms with Crippen molar-refractivity contribution in [2.45, 2.75) is 13.8 Å². The third kappa shape index (κ3) is 4.81. The van der Waals surface area contributed by atoms with Gasteiger partial charge in [0.2, 0.25) is 0 Å². The Balaban J connectivity index is 2.81. The van der Waals surface area contributed by atoms with Crippen LogP contribution in [0.25, 0.3) is 0 Å². The highest BCUT2D eigenvalue weighted by molar-refractivity contribution is 7.80. The van der Waals surface area contributed by atoms with Crippen molar-refractivity contribution >= 4 is 29.2 Å². The smallest absolute Gasteiger partial charge is 0.311 e. The molecule has 0 amide bonds. The molecule has 8 heteroatoms. The van der Waals surface area contributed by atoms with Gasteiger partial charge in [-0.25, -0.2) is 0 Å². The number of benzene rings is 1. The monoisotopic (exact) mass is 296 g/mol. The topological polar surface area (TPSA) is 88.8 Å². The molecule has 0 spiro atoms. The lowest BCUT2D eigenvalue weighted by Crippen LogP contribution is -2.31. The number of ether oxygens (including phenoxy) is 1. The summed E-state index contributed by atoms with van der Waals surface area (Å²) in [4.78, 5) is 10.5. The van der Waals surface area contributed by atoms with Crippen molar-refractivity contribution < 1.29 is 9.66 Å². The molecule has 0 unspecified atom stereocenters. The number of thiocarbonyl (C=S) groups is 1. The summed E-state index contributed by atoms with van der Waals surface area (Å²) in [6.45, 7) is 4.74. The average molecular weight is 296 g/mol. The van der Waals surface area contributed by atoms with Gasteiger partial charge in [0.05, 0.1) is 17.7 Å². The van der Waals surface area contributed by atoms with Gasteiger partial charge in [0.25, 0.3) is 0 Å². The first-order chi connectivity index (χ1) is 9.58. The van der Waals surface area contributed by atoms with Crippen LogP contribution in [0.5, 0.6) is 5.75 Å². The Labute approximate surface area is 122 Å². The van der Waals surface area contributed by atoms with E-state index in [2.05, 4.69) is 15.8 Å². The van der Waals surface area contributed by atoms with E-state index in [0.29, 0.717) is 23.8 Å². The van der Waals surface area contributed by atoms with Crippen molar-refractivity contribution in [2.75, 3.05) is 13.2 Å². The number of nitrogens with zero attached hydrogens (tertiary/aromatic N) is 2. The Morgan fingerprint density at radius 1 is 1.55 bits per heavy atom. The van der Waals surface area contributed by atoms with Gasteiger partial charge in [0, 0.05) is 18.2 Å². The molecule has 0 saturated heterocycles. The number of hydrogen-bond acceptors (Lipinski definition) is 5. The van der Waals surface area contributed by atoms with E-state index in [4.69, 9.17) is 17.0 Å². The molecule has 0 aliphatic carbocycles. The van der Waals surface area contributed by atoms with Gasteiger partial charge in [-0.2, -0.15) is 5.10 Å². The third-order valence-corrected chi connectivity index (χ3v) is 2.43. The highest BCUT2D eigenvalue weighted by atomic mass is 32.1. The van der Waals surface area contributed by atoms with Gasteiger partial charge < -0.3 is 10.1 Å². The summed E-state index contributed by atoms with van der Waals surface area (Å²) < 4.78 is 5.20. The van der Waals surface area contributed by atoms with Crippen molar-refractivity contribution in [1.82, 2.24) is 10.7 Å². The summed E-state index contributed by atoms with van der Waals surface area (Å²) in [5, 5.41) is 18.1. The van der Waals surface area contributed by atoms with E-state index in [9.17, 15) is 10.1 Å². The second kappa shape index (κ2) is 8.05. The lowest BCUT2D eigenvalue weighted by atomic mass is 10.2. The molecule has 0 fully saturated rings. The Kier molecular flexibility index (Phi) is 6.38. The minimum absolute atomic E-state index is 0.0925. The van der Waals surface area contributed by atoms with Crippen molar-refractivity contribution in [2.24, 2.45) is 5.10 Å². The fraction of sp³-hybridized carbons (Fsp3) is 0.333. The fourth-order valence-electron chi connectivity index (χ4n) is 1.40. The molecule has 7 nitrogen and oxygen atoms in total. The Hall–Kier alpha value is -2.22. The van der Waals surface area contributed by atoms with Crippen LogP contribution in [0.1, 0.15) is 19.4 Å². The molecule has 0 aliphatic heterocycles. The first-order valence-electron chi connectivity index (χ1n) is 6.06. The second-order valence-corrected chi connectivity index (χ2v) is 4.05. The third-order valence-electron chi connectivity index (χ3n) is 2.20. The van der Waals surface area contributed by atoms with E-state index in [0.717, 1.165) is 0 Å². The van der Waals surface area contributed by atoms with Gasteiger partial charge >= 0.3 is 5.69 Å². The van der Waals surface area contributed by atoms with Crippen molar-refractivity contribution in [3.63, 3.8) is 0 Å². The minimum atomic E-state index is -0.487. The van der Waals surface area contributed by atoms with Crippen LogP contribution in [0.2, 0.25) is 0 Å². The zero-order valence-corrected chi connectivity index (χ0v) is 12.1. The molecule has 1 rings (SSSR count). The summed E-state index contributed by atoms with van der Waals surface area (Å²) in [5.41, 5.74) is 3.09. The summed E-state index contributed by atoms with van der Waals surface area (Å²) in [6, 6.07) is 4.62. The zero-order valence-electron chi connectivity index (χ0n) is 11.3. The van der Waals surface area contributed by atoms with E-state index in [1.807, 2.05) is 6.92 Å². The predicted octanol–water partition coefficient (Wildman–Crippen LogP) is 1.81. The summed E-state index contributed by atoms with van der Waals surface area (Å²) in [6.07, 6.45) is 1.45. The maximum absolute atomic E-state index is 11.0. The minimum Gasteiger partial charge on any atom is -0.487 e. The molecule has 1 aromatic carbocycles. The molecule has 1 aromatic rings.